The van der Waals surface area contributed by atoms with Gasteiger partial charge in [0.25, 0.3) is 5.69 Å². The van der Waals surface area contributed by atoms with E-state index in [-0.39, 0.29) is 28.5 Å². The fourth-order valence-corrected chi connectivity index (χ4v) is 4.13. The van der Waals surface area contributed by atoms with Crippen LogP contribution in [0.3, 0.4) is 0 Å². The molecule has 2 aromatic carbocycles. The number of nitrogens with zero attached hydrogens (tertiary/aromatic N) is 1. The molecular formula is C19H17ClN2O3. The Morgan fingerprint density at radius 2 is 2.08 bits per heavy atom. The molecule has 1 N–H and O–H groups in total. The predicted molar refractivity (Wildman–Crippen MR) is 97.5 cm³/mol. The van der Waals surface area contributed by atoms with Gasteiger partial charge in [0.2, 0.25) is 0 Å². The normalized spacial score (nSPS) is 23.5. The van der Waals surface area contributed by atoms with Crippen LogP contribution < -0.4 is 10.1 Å². The van der Waals surface area contributed by atoms with Crippen molar-refractivity contribution in [2.45, 2.75) is 18.4 Å². The smallest absolute Gasteiger partial charge is 0.269 e. The molecule has 6 heteroatoms. The van der Waals surface area contributed by atoms with Crippen molar-refractivity contribution in [3.8, 4) is 5.75 Å². The van der Waals surface area contributed by atoms with Gasteiger partial charge in [0.15, 0.2) is 0 Å². The minimum atomic E-state index is -0.383. The highest BCUT2D eigenvalue weighted by atomic mass is 35.5. The van der Waals surface area contributed by atoms with E-state index in [1.54, 1.807) is 19.2 Å². The summed E-state index contributed by atoms with van der Waals surface area (Å²) in [5.41, 5.74) is 3.04. The second kappa shape index (κ2) is 6.08. The predicted octanol–water partition coefficient (Wildman–Crippen LogP) is 5.08. The van der Waals surface area contributed by atoms with Crippen molar-refractivity contribution in [1.29, 1.82) is 0 Å². The van der Waals surface area contributed by atoms with Gasteiger partial charge in [-0.2, -0.15) is 0 Å². The maximum Gasteiger partial charge on any atom is 0.269 e. The molecule has 0 saturated carbocycles. The van der Waals surface area contributed by atoms with E-state index in [0.717, 1.165) is 23.4 Å². The number of non-ortho nitro benzene ring substituents is 1. The van der Waals surface area contributed by atoms with Crippen molar-refractivity contribution in [3.63, 3.8) is 0 Å². The average molecular weight is 357 g/mol. The van der Waals surface area contributed by atoms with Gasteiger partial charge in [-0.05, 0) is 42.2 Å². The number of ether oxygens (including phenoxy) is 1. The van der Waals surface area contributed by atoms with E-state index in [2.05, 4.69) is 23.5 Å². The number of nitro benzene ring substituents is 1. The third kappa shape index (κ3) is 2.65. The van der Waals surface area contributed by atoms with Gasteiger partial charge >= 0.3 is 0 Å². The first kappa shape index (κ1) is 16.0. The number of nitro groups is 1. The molecule has 5 nitrogen and oxygen atoms in total. The summed E-state index contributed by atoms with van der Waals surface area (Å²) in [6.45, 7) is 0. The van der Waals surface area contributed by atoms with Gasteiger partial charge < -0.3 is 10.1 Å². The molecule has 0 saturated heterocycles. The van der Waals surface area contributed by atoms with Gasteiger partial charge in [-0.25, -0.2) is 0 Å². The molecule has 25 heavy (non-hydrogen) atoms. The molecule has 0 spiro atoms. The van der Waals surface area contributed by atoms with Crippen molar-refractivity contribution in [2.75, 3.05) is 12.4 Å². The van der Waals surface area contributed by atoms with E-state index in [0.29, 0.717) is 5.02 Å². The number of rotatable bonds is 3. The molecule has 0 radical (unpaired) electrons. The van der Waals surface area contributed by atoms with Crippen LogP contribution in [-0.4, -0.2) is 12.0 Å². The van der Waals surface area contributed by atoms with Gasteiger partial charge in [-0.3, -0.25) is 10.1 Å². The number of nitrogens with one attached hydrogen (secondary N) is 1. The first-order valence-corrected chi connectivity index (χ1v) is 8.51. The quantitative estimate of drug-likeness (QED) is 0.473. The summed E-state index contributed by atoms with van der Waals surface area (Å²) in [6, 6.07) is 10.5. The zero-order valence-electron chi connectivity index (χ0n) is 13.6. The van der Waals surface area contributed by atoms with Crippen LogP contribution in [0.25, 0.3) is 0 Å². The molecule has 4 rings (SSSR count). The summed E-state index contributed by atoms with van der Waals surface area (Å²) in [5, 5.41) is 15.2. The highest BCUT2D eigenvalue weighted by molar-refractivity contribution is 6.31. The average Bonchev–Trinajstić information content (AvgIpc) is 3.11. The Morgan fingerprint density at radius 1 is 1.24 bits per heavy atom. The highest BCUT2D eigenvalue weighted by Crippen LogP contribution is 2.51. The molecule has 2 aliphatic rings. The Balaban J connectivity index is 1.80. The summed E-state index contributed by atoms with van der Waals surface area (Å²) >= 11 is 6.40. The summed E-state index contributed by atoms with van der Waals surface area (Å²) in [7, 11) is 1.66. The van der Waals surface area contributed by atoms with Gasteiger partial charge in [0, 0.05) is 34.3 Å². The van der Waals surface area contributed by atoms with Crippen LogP contribution in [0.15, 0.2) is 48.6 Å². The fourth-order valence-electron chi connectivity index (χ4n) is 3.89. The molecule has 3 atom stereocenters. The SMILES string of the molecule is COc1ccc2c(c1)[C@@H]1C=CC[C@H]1[C@@H](c1cc([N+](=O)[O-])ccc1Cl)N2. The van der Waals surface area contributed by atoms with Crippen LogP contribution >= 0.6 is 11.6 Å². The number of methoxy groups -OCH3 is 1. The summed E-state index contributed by atoms with van der Waals surface area (Å²) in [4.78, 5) is 10.8. The number of allylic oxidation sites excluding steroid dienone is 2. The summed E-state index contributed by atoms with van der Waals surface area (Å²) < 4.78 is 5.35. The lowest BCUT2D eigenvalue weighted by Crippen LogP contribution is -2.29. The van der Waals surface area contributed by atoms with E-state index in [4.69, 9.17) is 16.3 Å². The van der Waals surface area contributed by atoms with E-state index in [9.17, 15) is 10.1 Å². The van der Waals surface area contributed by atoms with E-state index < -0.39 is 0 Å². The monoisotopic (exact) mass is 356 g/mol. The molecule has 128 valence electrons. The van der Waals surface area contributed by atoms with Crippen LogP contribution in [0.5, 0.6) is 5.75 Å². The van der Waals surface area contributed by atoms with Crippen LogP contribution in [0.4, 0.5) is 11.4 Å². The van der Waals surface area contributed by atoms with E-state index in [1.807, 2.05) is 12.1 Å². The van der Waals surface area contributed by atoms with Crippen molar-refractivity contribution in [2.24, 2.45) is 5.92 Å². The van der Waals surface area contributed by atoms with Gasteiger partial charge in [-0.1, -0.05) is 23.8 Å². The van der Waals surface area contributed by atoms with Crippen molar-refractivity contribution >= 4 is 23.0 Å². The molecule has 0 aromatic heterocycles. The minimum Gasteiger partial charge on any atom is -0.497 e. The molecule has 2 aromatic rings. The molecule has 1 aliphatic heterocycles. The fraction of sp³-hybridized carbons (Fsp3) is 0.263. The second-order valence-electron chi connectivity index (χ2n) is 6.39. The molecule has 1 aliphatic carbocycles. The Morgan fingerprint density at radius 3 is 2.84 bits per heavy atom. The van der Waals surface area contributed by atoms with Crippen molar-refractivity contribution in [1.82, 2.24) is 0 Å². The highest BCUT2D eigenvalue weighted by Gasteiger charge is 2.39. The zero-order chi connectivity index (χ0) is 17.6. The molecular weight excluding hydrogens is 340 g/mol. The van der Waals surface area contributed by atoms with Crippen LogP contribution in [0.2, 0.25) is 5.02 Å². The lowest BCUT2D eigenvalue weighted by molar-refractivity contribution is -0.384. The maximum absolute atomic E-state index is 11.2. The lowest BCUT2D eigenvalue weighted by atomic mass is 9.77. The number of anilines is 1. The zero-order valence-corrected chi connectivity index (χ0v) is 14.4. The lowest BCUT2D eigenvalue weighted by Gasteiger charge is -2.37. The Bertz CT molecular complexity index is 881. The summed E-state index contributed by atoms with van der Waals surface area (Å²) in [6.07, 6.45) is 5.28. The van der Waals surface area contributed by atoms with E-state index >= 15 is 0 Å². The van der Waals surface area contributed by atoms with E-state index in [1.165, 1.54) is 11.6 Å². The van der Waals surface area contributed by atoms with Gasteiger partial charge in [0.1, 0.15) is 5.75 Å². The largest absolute Gasteiger partial charge is 0.497 e. The van der Waals surface area contributed by atoms with Crippen LogP contribution in [0, 0.1) is 16.0 Å². The van der Waals surface area contributed by atoms with Crippen LogP contribution in [-0.2, 0) is 0 Å². The van der Waals surface area contributed by atoms with Crippen molar-refractivity contribution in [3.05, 3.63) is 74.8 Å². The third-order valence-corrected chi connectivity index (χ3v) is 5.44. The van der Waals surface area contributed by atoms with Gasteiger partial charge in [0.05, 0.1) is 18.1 Å². The number of fused-ring (bicyclic) bond motifs is 3. The number of halogens is 1. The molecule has 0 bridgehead atoms. The first-order valence-electron chi connectivity index (χ1n) is 8.13. The number of benzene rings is 2. The first-order chi connectivity index (χ1) is 12.1. The topological polar surface area (TPSA) is 64.4 Å². The molecule has 0 unspecified atom stereocenters. The van der Waals surface area contributed by atoms with Crippen molar-refractivity contribution < 1.29 is 9.66 Å². The summed E-state index contributed by atoms with van der Waals surface area (Å²) in [5.74, 6) is 1.33. The Kier molecular flexibility index (Phi) is 3.88. The van der Waals surface area contributed by atoms with Gasteiger partial charge in [-0.15, -0.1) is 0 Å². The molecule has 0 amide bonds. The maximum atomic E-state index is 11.2. The Labute approximate surface area is 150 Å². The minimum absolute atomic E-state index is 0.0595. The second-order valence-corrected chi connectivity index (χ2v) is 6.80. The Hall–Kier alpha value is -2.53. The number of hydrogen-bond donors (Lipinski definition) is 1. The molecule has 0 fully saturated rings. The number of hydrogen-bond acceptors (Lipinski definition) is 4. The molecule has 1 heterocycles. The van der Waals surface area contributed by atoms with Crippen LogP contribution in [0.1, 0.15) is 29.5 Å². The standard InChI is InChI=1S/C19H17ClN2O3/c1-25-12-6-8-18-15(10-12)13-3-2-4-14(13)19(21-18)16-9-11(22(23)24)5-7-17(16)20/h2-3,5-10,13-14,19,21H,4H2,1H3/t13-,14-,19+/m1/s1. The third-order valence-electron chi connectivity index (χ3n) is 5.10.